The van der Waals surface area contributed by atoms with Crippen molar-refractivity contribution < 1.29 is 9.53 Å². The zero-order valence-electron chi connectivity index (χ0n) is 19.4. The van der Waals surface area contributed by atoms with Crippen LogP contribution in [0.5, 0.6) is 5.75 Å². The number of carbonyl (C=O) groups excluding carboxylic acids is 1. The maximum atomic E-state index is 12.8. The number of ether oxygens (including phenoxy) is 1. The number of hydrogen-bond acceptors (Lipinski definition) is 5. The van der Waals surface area contributed by atoms with Crippen molar-refractivity contribution in [2.24, 2.45) is 0 Å². The topological polar surface area (TPSA) is 81.9 Å². The summed E-state index contributed by atoms with van der Waals surface area (Å²) in [4.78, 5) is 26.7. The molecule has 1 N–H and O–H groups in total. The number of carbonyl (C=O) groups is 1. The monoisotopic (exact) mass is 463 g/mol. The molecule has 5 rings (SSSR count). The van der Waals surface area contributed by atoms with E-state index in [2.05, 4.69) is 10.3 Å². The third-order valence-corrected chi connectivity index (χ3v) is 5.75. The molecule has 3 aromatic carbocycles. The summed E-state index contributed by atoms with van der Waals surface area (Å²) in [5.74, 6) is 0.626. The number of methoxy groups -OCH3 is 1. The average Bonchev–Trinajstić information content (AvgIpc) is 3.44. The number of nitrogens with one attached hydrogen (secondary N) is 1. The van der Waals surface area contributed by atoms with Crippen LogP contribution < -0.4 is 10.1 Å². The van der Waals surface area contributed by atoms with Crippen molar-refractivity contribution in [3.05, 3.63) is 97.1 Å². The summed E-state index contributed by atoms with van der Waals surface area (Å²) in [6.45, 7) is 1.38. The third-order valence-electron chi connectivity index (χ3n) is 5.75. The molecule has 0 fully saturated rings. The Kier molecular flexibility index (Phi) is 6.48. The summed E-state index contributed by atoms with van der Waals surface area (Å²) in [5, 5.41) is 2.99. The van der Waals surface area contributed by atoms with E-state index in [9.17, 15) is 4.79 Å². The van der Waals surface area contributed by atoms with E-state index < -0.39 is 0 Å². The molecular weight excluding hydrogens is 438 g/mol. The normalized spacial score (nSPS) is 10.9. The zero-order valence-corrected chi connectivity index (χ0v) is 19.4. The van der Waals surface area contributed by atoms with Gasteiger partial charge in [-0.05, 0) is 36.8 Å². The van der Waals surface area contributed by atoms with Crippen molar-refractivity contribution in [1.82, 2.24) is 24.8 Å². The van der Waals surface area contributed by atoms with Gasteiger partial charge in [-0.2, -0.15) is 0 Å². The first kappa shape index (κ1) is 22.3. The summed E-state index contributed by atoms with van der Waals surface area (Å²) in [7, 11) is 1.65. The van der Waals surface area contributed by atoms with Gasteiger partial charge in [0.05, 0.1) is 35.9 Å². The molecule has 0 aliphatic heterocycles. The van der Waals surface area contributed by atoms with E-state index in [-0.39, 0.29) is 5.91 Å². The number of rotatable bonds is 8. The molecule has 0 spiro atoms. The Balaban J connectivity index is 1.45. The lowest BCUT2D eigenvalue weighted by Crippen LogP contribution is -2.25. The molecule has 0 aliphatic rings. The first-order chi connectivity index (χ1) is 17.2. The first-order valence-corrected chi connectivity index (χ1v) is 11.5. The predicted molar refractivity (Wildman–Crippen MR) is 136 cm³/mol. The largest absolute Gasteiger partial charge is 0.497 e. The van der Waals surface area contributed by atoms with Crippen LogP contribution in [0.25, 0.3) is 33.5 Å². The van der Waals surface area contributed by atoms with E-state index in [4.69, 9.17) is 14.7 Å². The highest BCUT2D eigenvalue weighted by molar-refractivity contribution is 5.98. The Bertz CT molecular complexity index is 1450. The van der Waals surface area contributed by atoms with Crippen molar-refractivity contribution in [3.63, 3.8) is 0 Å². The molecule has 7 nitrogen and oxygen atoms in total. The Labute approximate surface area is 203 Å². The van der Waals surface area contributed by atoms with Gasteiger partial charge >= 0.3 is 0 Å². The van der Waals surface area contributed by atoms with Gasteiger partial charge in [0.2, 0.25) is 0 Å². The molecule has 2 heterocycles. The fourth-order valence-electron chi connectivity index (χ4n) is 3.95. The van der Waals surface area contributed by atoms with Crippen LogP contribution in [0.2, 0.25) is 0 Å². The molecule has 0 unspecified atom stereocenters. The van der Waals surface area contributed by atoms with Crippen LogP contribution in [0, 0.1) is 0 Å². The number of benzene rings is 3. The lowest BCUT2D eigenvalue weighted by Gasteiger charge is -2.12. The molecule has 0 aliphatic carbocycles. The molecule has 5 aromatic rings. The number of imidazole rings is 1. The SMILES string of the molecule is COc1cccc(-c2nc3ccc(C(=O)NCCCn4ccnc4)cc3nc2-c2ccccc2)c1. The van der Waals surface area contributed by atoms with E-state index in [1.165, 1.54) is 0 Å². The second-order valence-corrected chi connectivity index (χ2v) is 8.13. The van der Waals surface area contributed by atoms with Gasteiger partial charge in [-0.25, -0.2) is 15.0 Å². The van der Waals surface area contributed by atoms with Gasteiger partial charge in [0.25, 0.3) is 5.91 Å². The number of amides is 1. The van der Waals surface area contributed by atoms with Gasteiger partial charge < -0.3 is 14.6 Å². The molecule has 0 atom stereocenters. The number of fused-ring (bicyclic) bond motifs is 1. The maximum absolute atomic E-state index is 12.8. The van der Waals surface area contributed by atoms with Crippen molar-refractivity contribution >= 4 is 16.9 Å². The molecule has 35 heavy (non-hydrogen) atoms. The Morgan fingerprint density at radius 1 is 0.914 bits per heavy atom. The number of aromatic nitrogens is 4. The summed E-state index contributed by atoms with van der Waals surface area (Å²) in [6.07, 6.45) is 6.25. The molecule has 174 valence electrons. The molecule has 2 aromatic heterocycles. The number of aryl methyl sites for hydroxylation is 1. The second kappa shape index (κ2) is 10.2. The van der Waals surface area contributed by atoms with Gasteiger partial charge in [-0.15, -0.1) is 0 Å². The minimum absolute atomic E-state index is 0.127. The minimum atomic E-state index is -0.127. The minimum Gasteiger partial charge on any atom is -0.497 e. The van der Waals surface area contributed by atoms with E-state index in [1.54, 1.807) is 31.8 Å². The van der Waals surface area contributed by atoms with Gasteiger partial charge in [0.1, 0.15) is 5.75 Å². The second-order valence-electron chi connectivity index (χ2n) is 8.13. The lowest BCUT2D eigenvalue weighted by atomic mass is 10.0. The highest BCUT2D eigenvalue weighted by Gasteiger charge is 2.15. The van der Waals surface area contributed by atoms with E-state index in [1.807, 2.05) is 71.4 Å². The number of nitrogens with zero attached hydrogens (tertiary/aromatic N) is 4. The van der Waals surface area contributed by atoms with Crippen LogP contribution in [0.3, 0.4) is 0 Å². The van der Waals surface area contributed by atoms with Crippen molar-refractivity contribution in [2.75, 3.05) is 13.7 Å². The van der Waals surface area contributed by atoms with Gasteiger partial charge in [-0.1, -0.05) is 42.5 Å². The van der Waals surface area contributed by atoms with Crippen LogP contribution in [0.15, 0.2) is 91.5 Å². The molecule has 0 bridgehead atoms. The number of hydrogen-bond donors (Lipinski definition) is 1. The standard InChI is InChI=1S/C28H25N5O2/c1-35-23-10-5-9-21(17-23)27-26(20-7-3-2-4-8-20)32-25-18-22(11-12-24(25)31-27)28(34)30-13-6-15-33-16-14-29-19-33/h2-5,7-12,14,16-19H,6,13,15H2,1H3,(H,30,34). The van der Waals surface area contributed by atoms with Gasteiger partial charge in [0, 0.05) is 42.2 Å². The van der Waals surface area contributed by atoms with Crippen LogP contribution in [0.1, 0.15) is 16.8 Å². The average molecular weight is 464 g/mol. The molecule has 0 radical (unpaired) electrons. The van der Waals surface area contributed by atoms with Crippen LogP contribution in [0.4, 0.5) is 0 Å². The quantitative estimate of drug-likeness (QED) is 0.328. The van der Waals surface area contributed by atoms with E-state index in [0.717, 1.165) is 46.7 Å². The summed E-state index contributed by atoms with van der Waals surface area (Å²) in [5.41, 5.74) is 5.33. The fraction of sp³-hybridized carbons (Fsp3) is 0.143. The van der Waals surface area contributed by atoms with Crippen molar-refractivity contribution in [3.8, 4) is 28.3 Å². The molecule has 0 saturated heterocycles. The molecular formula is C28H25N5O2. The highest BCUT2D eigenvalue weighted by atomic mass is 16.5. The zero-order chi connectivity index (χ0) is 24.0. The summed E-state index contributed by atoms with van der Waals surface area (Å²) >= 11 is 0. The van der Waals surface area contributed by atoms with Gasteiger partial charge in [-0.3, -0.25) is 4.79 Å². The molecule has 7 heteroatoms. The van der Waals surface area contributed by atoms with Crippen molar-refractivity contribution in [2.45, 2.75) is 13.0 Å². The third kappa shape index (κ3) is 5.04. The van der Waals surface area contributed by atoms with Crippen LogP contribution >= 0.6 is 0 Å². The van der Waals surface area contributed by atoms with Gasteiger partial charge in [0.15, 0.2) is 0 Å². The Morgan fingerprint density at radius 2 is 1.71 bits per heavy atom. The molecule has 0 saturated carbocycles. The maximum Gasteiger partial charge on any atom is 0.251 e. The van der Waals surface area contributed by atoms with Crippen molar-refractivity contribution in [1.29, 1.82) is 0 Å². The lowest BCUT2D eigenvalue weighted by molar-refractivity contribution is 0.0953. The van der Waals surface area contributed by atoms with E-state index >= 15 is 0 Å². The van der Waals surface area contributed by atoms with Crippen LogP contribution in [-0.4, -0.2) is 39.1 Å². The van der Waals surface area contributed by atoms with Crippen LogP contribution in [-0.2, 0) is 6.54 Å². The summed E-state index contributed by atoms with van der Waals surface area (Å²) < 4.78 is 7.40. The Morgan fingerprint density at radius 3 is 2.51 bits per heavy atom. The van der Waals surface area contributed by atoms with E-state index in [0.29, 0.717) is 17.6 Å². The molecule has 1 amide bonds. The smallest absolute Gasteiger partial charge is 0.251 e. The first-order valence-electron chi connectivity index (χ1n) is 11.5. The Hall–Kier alpha value is -4.52. The summed E-state index contributed by atoms with van der Waals surface area (Å²) in [6, 6.07) is 23.2. The fourth-order valence-corrected chi connectivity index (χ4v) is 3.95. The highest BCUT2D eigenvalue weighted by Crippen LogP contribution is 2.32. The predicted octanol–water partition coefficient (Wildman–Crippen LogP) is 4.99.